The lowest BCUT2D eigenvalue weighted by Crippen LogP contribution is -2.35. The van der Waals surface area contributed by atoms with Crippen molar-refractivity contribution in [2.45, 2.75) is 31.2 Å². The summed E-state index contributed by atoms with van der Waals surface area (Å²) in [4.78, 5) is 35.6. The maximum absolute atomic E-state index is 12.6. The molecule has 1 atom stereocenters. The van der Waals surface area contributed by atoms with Gasteiger partial charge in [0.1, 0.15) is 5.75 Å². The molecule has 3 aromatic rings. The van der Waals surface area contributed by atoms with E-state index >= 15 is 0 Å². The Morgan fingerprint density at radius 1 is 1.00 bits per heavy atom. The van der Waals surface area contributed by atoms with Gasteiger partial charge in [-0.25, -0.2) is 9.68 Å². The smallest absolute Gasteiger partial charge is 0.363 e. The monoisotopic (exact) mass is 454 g/mol. The molecule has 1 amide bonds. The molecule has 0 saturated heterocycles. The van der Waals surface area contributed by atoms with E-state index in [1.807, 2.05) is 12.1 Å². The summed E-state index contributed by atoms with van der Waals surface area (Å²) in [5.41, 5.74) is 4.10. The zero-order valence-electron chi connectivity index (χ0n) is 18.3. The van der Waals surface area contributed by atoms with Gasteiger partial charge in [0.05, 0.1) is 24.2 Å². The van der Waals surface area contributed by atoms with Gasteiger partial charge >= 0.3 is 5.97 Å². The molecule has 7 heteroatoms. The topological polar surface area (TPSA) is 97.7 Å². The Morgan fingerprint density at radius 3 is 2.44 bits per heavy atom. The van der Waals surface area contributed by atoms with Crippen LogP contribution >= 0.6 is 0 Å². The molecule has 5 rings (SSSR count). The van der Waals surface area contributed by atoms with Crippen molar-refractivity contribution in [2.24, 2.45) is 0 Å². The van der Waals surface area contributed by atoms with Crippen LogP contribution < -0.4 is 14.9 Å². The summed E-state index contributed by atoms with van der Waals surface area (Å²) < 4.78 is 5.57. The SMILES string of the molecule is N#Cc1ccc2c(c1)C(C(=O)OOc1ccc(C(=O)NC3Cc4ccccc4C3)cc1)CCO2. The molecule has 3 aromatic carbocycles. The first-order valence-electron chi connectivity index (χ1n) is 11.1. The van der Waals surface area contributed by atoms with Crippen LogP contribution in [0.15, 0.2) is 66.7 Å². The number of benzene rings is 3. The van der Waals surface area contributed by atoms with Crippen LogP contribution in [0.4, 0.5) is 0 Å². The zero-order valence-corrected chi connectivity index (χ0v) is 18.3. The van der Waals surface area contributed by atoms with E-state index in [0.717, 1.165) is 12.8 Å². The molecule has 0 spiro atoms. The predicted molar refractivity (Wildman–Crippen MR) is 122 cm³/mol. The number of ether oxygens (including phenoxy) is 1. The van der Waals surface area contributed by atoms with E-state index in [-0.39, 0.29) is 11.9 Å². The molecule has 0 aromatic heterocycles. The van der Waals surface area contributed by atoms with Crippen LogP contribution in [-0.2, 0) is 22.5 Å². The molecule has 1 aliphatic heterocycles. The van der Waals surface area contributed by atoms with Gasteiger partial charge in [-0.05, 0) is 72.9 Å². The van der Waals surface area contributed by atoms with Crippen molar-refractivity contribution >= 4 is 11.9 Å². The molecule has 0 radical (unpaired) electrons. The Balaban J connectivity index is 1.17. The maximum atomic E-state index is 12.6. The van der Waals surface area contributed by atoms with Gasteiger partial charge in [-0.3, -0.25) is 9.68 Å². The summed E-state index contributed by atoms with van der Waals surface area (Å²) in [6.07, 6.45) is 2.07. The average molecular weight is 454 g/mol. The van der Waals surface area contributed by atoms with Crippen molar-refractivity contribution in [3.8, 4) is 17.6 Å². The minimum absolute atomic E-state index is 0.0747. The van der Waals surface area contributed by atoms with Crippen LogP contribution in [0.25, 0.3) is 0 Å². The van der Waals surface area contributed by atoms with Crippen molar-refractivity contribution in [1.82, 2.24) is 5.32 Å². The number of carbonyl (C=O) groups excluding carboxylic acids is 2. The predicted octanol–water partition coefficient (Wildman–Crippen LogP) is 3.86. The lowest BCUT2D eigenvalue weighted by Gasteiger charge is -2.23. The van der Waals surface area contributed by atoms with Crippen LogP contribution in [0.5, 0.6) is 11.5 Å². The lowest BCUT2D eigenvalue weighted by molar-refractivity contribution is -0.216. The second-order valence-corrected chi connectivity index (χ2v) is 8.41. The van der Waals surface area contributed by atoms with E-state index < -0.39 is 11.9 Å². The van der Waals surface area contributed by atoms with Gasteiger partial charge in [0.25, 0.3) is 5.91 Å². The molecule has 0 fully saturated rings. The lowest BCUT2D eigenvalue weighted by atomic mass is 9.92. The van der Waals surface area contributed by atoms with E-state index in [4.69, 9.17) is 19.8 Å². The van der Waals surface area contributed by atoms with Crippen molar-refractivity contribution in [3.63, 3.8) is 0 Å². The van der Waals surface area contributed by atoms with Crippen LogP contribution in [0, 0.1) is 11.3 Å². The maximum Gasteiger partial charge on any atom is 0.363 e. The number of nitriles is 1. The zero-order chi connectivity index (χ0) is 23.5. The highest BCUT2D eigenvalue weighted by Gasteiger charge is 2.31. The first-order chi connectivity index (χ1) is 16.6. The normalized spacial score (nSPS) is 16.4. The van der Waals surface area contributed by atoms with Crippen molar-refractivity contribution in [1.29, 1.82) is 5.26 Å². The summed E-state index contributed by atoms with van der Waals surface area (Å²) in [7, 11) is 0. The Bertz CT molecular complexity index is 1250. The molecule has 0 saturated carbocycles. The number of fused-ring (bicyclic) bond motifs is 2. The standard InChI is InChI=1S/C27H22N2O5/c28-16-17-5-10-25-24(13-17)23(11-12-32-25)27(31)34-33-22-8-6-18(7-9-22)26(30)29-21-14-19-3-1-2-4-20(19)15-21/h1-10,13,21,23H,11-12,14-15H2,(H,29,30). The first-order valence-corrected chi connectivity index (χ1v) is 11.1. The largest absolute Gasteiger partial charge is 0.493 e. The minimum Gasteiger partial charge on any atom is -0.493 e. The molecule has 0 bridgehead atoms. The fourth-order valence-electron chi connectivity index (χ4n) is 4.45. The summed E-state index contributed by atoms with van der Waals surface area (Å²) in [6.45, 7) is 0.370. The molecule has 7 nitrogen and oxygen atoms in total. The van der Waals surface area contributed by atoms with E-state index in [1.165, 1.54) is 11.1 Å². The number of rotatable bonds is 5. The van der Waals surface area contributed by atoms with Gasteiger partial charge in [0.2, 0.25) is 0 Å². The second kappa shape index (κ2) is 9.28. The van der Waals surface area contributed by atoms with Crippen molar-refractivity contribution in [3.05, 3.63) is 94.5 Å². The van der Waals surface area contributed by atoms with Gasteiger partial charge in [-0.15, -0.1) is 0 Å². The first kappa shape index (κ1) is 21.5. The highest BCUT2D eigenvalue weighted by atomic mass is 17.2. The van der Waals surface area contributed by atoms with Gasteiger partial charge in [0.15, 0.2) is 5.75 Å². The number of amides is 1. The van der Waals surface area contributed by atoms with Crippen molar-refractivity contribution in [2.75, 3.05) is 6.61 Å². The van der Waals surface area contributed by atoms with Gasteiger partial charge in [0, 0.05) is 17.2 Å². The van der Waals surface area contributed by atoms with Crippen LogP contribution in [-0.4, -0.2) is 24.5 Å². The van der Waals surface area contributed by atoms with Crippen LogP contribution in [0.2, 0.25) is 0 Å². The molecule has 1 heterocycles. The number of nitrogens with one attached hydrogen (secondary N) is 1. The Labute approximate surface area is 196 Å². The van der Waals surface area contributed by atoms with E-state index in [2.05, 4.69) is 23.5 Å². The van der Waals surface area contributed by atoms with Gasteiger partial charge in [-0.1, -0.05) is 24.3 Å². The van der Waals surface area contributed by atoms with E-state index in [0.29, 0.717) is 41.2 Å². The molecule has 2 aliphatic rings. The number of hydrogen-bond donors (Lipinski definition) is 1. The van der Waals surface area contributed by atoms with Gasteiger partial charge < -0.3 is 10.1 Å². The van der Waals surface area contributed by atoms with Crippen LogP contribution in [0.1, 0.15) is 45.0 Å². The van der Waals surface area contributed by atoms with Gasteiger partial charge in [-0.2, -0.15) is 5.26 Å². The Kier molecular flexibility index (Phi) is 5.88. The number of carbonyl (C=O) groups is 2. The Hall–Kier alpha value is -4.31. The van der Waals surface area contributed by atoms with Crippen LogP contribution in [0.3, 0.4) is 0 Å². The van der Waals surface area contributed by atoms with E-state index in [1.54, 1.807) is 42.5 Å². The molecule has 1 unspecified atom stereocenters. The third-order valence-electron chi connectivity index (χ3n) is 6.19. The Morgan fingerprint density at radius 2 is 1.74 bits per heavy atom. The molecule has 1 aliphatic carbocycles. The summed E-state index contributed by atoms with van der Waals surface area (Å²) in [5.74, 6) is -0.447. The average Bonchev–Trinajstić information content (AvgIpc) is 3.29. The fraction of sp³-hybridized carbons (Fsp3) is 0.222. The molecule has 1 N–H and O–H groups in total. The fourth-order valence-corrected chi connectivity index (χ4v) is 4.45. The molecular weight excluding hydrogens is 432 g/mol. The highest BCUT2D eigenvalue weighted by molar-refractivity contribution is 5.94. The molecular formula is C27H22N2O5. The summed E-state index contributed by atoms with van der Waals surface area (Å²) in [6, 6.07) is 21.7. The molecule has 34 heavy (non-hydrogen) atoms. The van der Waals surface area contributed by atoms with E-state index in [9.17, 15) is 9.59 Å². The van der Waals surface area contributed by atoms with Crippen molar-refractivity contribution < 1.29 is 24.1 Å². The number of hydrogen-bond acceptors (Lipinski definition) is 6. The quantitative estimate of drug-likeness (QED) is 0.464. The third-order valence-corrected chi connectivity index (χ3v) is 6.19. The number of nitrogens with zero attached hydrogens (tertiary/aromatic N) is 1. The third kappa shape index (κ3) is 4.44. The summed E-state index contributed by atoms with van der Waals surface area (Å²) in [5, 5.41) is 12.2. The second-order valence-electron chi connectivity index (χ2n) is 8.41. The minimum atomic E-state index is -0.586. The highest BCUT2D eigenvalue weighted by Crippen LogP contribution is 2.35. The summed E-state index contributed by atoms with van der Waals surface area (Å²) >= 11 is 0. The molecule has 170 valence electrons.